The van der Waals surface area contributed by atoms with Crippen molar-refractivity contribution >= 4 is 44.7 Å². The van der Waals surface area contributed by atoms with Gasteiger partial charge in [-0.05, 0) is 57.1 Å². The minimum atomic E-state index is 0.528. The fourth-order valence-corrected chi connectivity index (χ4v) is 3.23. The Balaban J connectivity index is 2.20. The summed E-state index contributed by atoms with van der Waals surface area (Å²) in [5.41, 5.74) is 3.50. The molecule has 5 heteroatoms. The van der Waals surface area contributed by atoms with Gasteiger partial charge in [-0.25, -0.2) is 4.98 Å². The SMILES string of the molecule is CCc1cc(CCl)cc(N(C)Cc2csc(Br)c2)n1. The van der Waals surface area contributed by atoms with E-state index in [1.807, 2.05) is 0 Å². The highest BCUT2D eigenvalue weighted by Crippen LogP contribution is 2.23. The number of pyridine rings is 1. The van der Waals surface area contributed by atoms with E-state index in [1.165, 1.54) is 5.56 Å². The Bertz CT molecular complexity index is 534. The van der Waals surface area contributed by atoms with Gasteiger partial charge in [-0.1, -0.05) is 6.92 Å². The quantitative estimate of drug-likeness (QED) is 0.710. The van der Waals surface area contributed by atoms with Gasteiger partial charge in [0.2, 0.25) is 0 Å². The van der Waals surface area contributed by atoms with Gasteiger partial charge in [0, 0.05) is 25.2 Å². The summed E-state index contributed by atoms with van der Waals surface area (Å²) in [5, 5.41) is 2.16. The Morgan fingerprint density at radius 3 is 2.68 bits per heavy atom. The van der Waals surface area contributed by atoms with E-state index in [0.29, 0.717) is 5.88 Å². The maximum absolute atomic E-state index is 5.95. The molecule has 19 heavy (non-hydrogen) atoms. The number of anilines is 1. The van der Waals surface area contributed by atoms with Crippen molar-refractivity contribution in [2.45, 2.75) is 25.8 Å². The van der Waals surface area contributed by atoms with Crippen LogP contribution in [0, 0.1) is 0 Å². The molecule has 0 unspecified atom stereocenters. The second-order valence-electron chi connectivity index (χ2n) is 4.43. The Morgan fingerprint density at radius 2 is 2.11 bits per heavy atom. The average Bonchev–Trinajstić information content (AvgIpc) is 2.83. The van der Waals surface area contributed by atoms with E-state index in [-0.39, 0.29) is 0 Å². The fraction of sp³-hybridized carbons (Fsp3) is 0.357. The molecule has 0 aliphatic rings. The first-order valence-electron chi connectivity index (χ1n) is 6.12. The zero-order chi connectivity index (χ0) is 13.8. The Labute approximate surface area is 131 Å². The van der Waals surface area contributed by atoms with Gasteiger partial charge in [0.25, 0.3) is 0 Å². The second kappa shape index (κ2) is 6.73. The molecule has 0 amide bonds. The maximum Gasteiger partial charge on any atom is 0.129 e. The number of halogens is 2. The highest BCUT2D eigenvalue weighted by atomic mass is 79.9. The Morgan fingerprint density at radius 1 is 1.32 bits per heavy atom. The molecule has 102 valence electrons. The van der Waals surface area contributed by atoms with E-state index in [1.54, 1.807) is 11.3 Å². The van der Waals surface area contributed by atoms with E-state index >= 15 is 0 Å². The first-order chi connectivity index (χ1) is 9.12. The van der Waals surface area contributed by atoms with E-state index < -0.39 is 0 Å². The van der Waals surface area contributed by atoms with Gasteiger partial charge in [-0.3, -0.25) is 0 Å². The van der Waals surface area contributed by atoms with Crippen LogP contribution in [0.1, 0.15) is 23.7 Å². The number of hydrogen-bond donors (Lipinski definition) is 0. The molecular formula is C14H16BrClN2S. The van der Waals surface area contributed by atoms with Crippen LogP contribution in [0.5, 0.6) is 0 Å². The van der Waals surface area contributed by atoms with E-state index in [0.717, 1.165) is 33.8 Å². The fourth-order valence-electron chi connectivity index (χ4n) is 1.87. The molecule has 0 aromatic carbocycles. The minimum Gasteiger partial charge on any atom is -0.355 e. The number of nitrogens with zero attached hydrogens (tertiary/aromatic N) is 2. The van der Waals surface area contributed by atoms with Crippen LogP contribution in [0.4, 0.5) is 5.82 Å². The Kier molecular flexibility index (Phi) is 5.25. The van der Waals surface area contributed by atoms with E-state index in [4.69, 9.17) is 11.6 Å². The molecule has 0 spiro atoms. The lowest BCUT2D eigenvalue weighted by Crippen LogP contribution is -2.18. The van der Waals surface area contributed by atoms with Crippen LogP contribution >= 0.6 is 38.9 Å². The Hall–Kier alpha value is -0.580. The zero-order valence-electron chi connectivity index (χ0n) is 11.0. The van der Waals surface area contributed by atoms with Crippen LogP contribution in [-0.2, 0) is 18.8 Å². The molecule has 2 aromatic rings. The monoisotopic (exact) mass is 358 g/mol. The van der Waals surface area contributed by atoms with Crippen molar-refractivity contribution in [3.63, 3.8) is 0 Å². The summed E-state index contributed by atoms with van der Waals surface area (Å²) >= 11 is 11.1. The summed E-state index contributed by atoms with van der Waals surface area (Å²) in [6, 6.07) is 6.28. The summed E-state index contributed by atoms with van der Waals surface area (Å²) in [5.74, 6) is 1.51. The molecular weight excluding hydrogens is 344 g/mol. The number of rotatable bonds is 5. The standard InChI is InChI=1S/C14H16BrClN2S/c1-3-12-4-10(7-16)6-14(17-12)18(2)8-11-5-13(15)19-9-11/h4-6,9H,3,7-8H2,1-2H3. The predicted octanol–water partition coefficient (Wildman–Crippen LogP) is 4.84. The molecule has 0 atom stereocenters. The van der Waals surface area contributed by atoms with Gasteiger partial charge < -0.3 is 4.90 Å². The van der Waals surface area contributed by atoms with Crippen LogP contribution < -0.4 is 4.90 Å². The minimum absolute atomic E-state index is 0.528. The number of alkyl halides is 1. The summed E-state index contributed by atoms with van der Waals surface area (Å²) in [7, 11) is 2.06. The molecule has 0 saturated heterocycles. The largest absolute Gasteiger partial charge is 0.355 e. The molecule has 0 N–H and O–H groups in total. The van der Waals surface area contributed by atoms with Crippen LogP contribution in [0.25, 0.3) is 0 Å². The van der Waals surface area contributed by atoms with Gasteiger partial charge in [0.05, 0.1) is 3.79 Å². The topological polar surface area (TPSA) is 16.1 Å². The third-order valence-electron chi connectivity index (χ3n) is 2.87. The first-order valence-corrected chi connectivity index (χ1v) is 8.33. The zero-order valence-corrected chi connectivity index (χ0v) is 14.1. The van der Waals surface area contributed by atoms with Gasteiger partial charge in [-0.2, -0.15) is 0 Å². The van der Waals surface area contributed by atoms with Gasteiger partial charge >= 0.3 is 0 Å². The first kappa shape index (κ1) is 14.8. The number of aromatic nitrogens is 1. The van der Waals surface area contributed by atoms with Crippen molar-refractivity contribution in [3.05, 3.63) is 44.2 Å². The van der Waals surface area contributed by atoms with Crippen molar-refractivity contribution < 1.29 is 0 Å². The van der Waals surface area contributed by atoms with Crippen molar-refractivity contribution in [2.24, 2.45) is 0 Å². The molecule has 0 saturated carbocycles. The summed E-state index contributed by atoms with van der Waals surface area (Å²) in [4.78, 5) is 6.82. The van der Waals surface area contributed by atoms with Crippen molar-refractivity contribution in [1.82, 2.24) is 4.98 Å². The smallest absolute Gasteiger partial charge is 0.129 e. The molecule has 2 heterocycles. The number of hydrogen-bond acceptors (Lipinski definition) is 3. The highest BCUT2D eigenvalue weighted by Gasteiger charge is 2.08. The predicted molar refractivity (Wildman–Crippen MR) is 87.3 cm³/mol. The van der Waals surface area contributed by atoms with Gasteiger partial charge in [0.1, 0.15) is 5.82 Å². The highest BCUT2D eigenvalue weighted by molar-refractivity contribution is 9.11. The van der Waals surface area contributed by atoms with Crippen LogP contribution in [0.3, 0.4) is 0 Å². The molecule has 2 nitrogen and oxygen atoms in total. The summed E-state index contributed by atoms with van der Waals surface area (Å²) in [6.07, 6.45) is 0.926. The van der Waals surface area contributed by atoms with Crippen molar-refractivity contribution in [3.8, 4) is 0 Å². The van der Waals surface area contributed by atoms with E-state index in [2.05, 4.69) is 63.4 Å². The molecule has 0 radical (unpaired) electrons. The second-order valence-corrected chi connectivity index (χ2v) is 6.98. The molecule has 2 aromatic heterocycles. The van der Waals surface area contributed by atoms with Crippen molar-refractivity contribution in [1.29, 1.82) is 0 Å². The lowest BCUT2D eigenvalue weighted by atomic mass is 10.2. The van der Waals surface area contributed by atoms with Crippen molar-refractivity contribution in [2.75, 3.05) is 11.9 Å². The van der Waals surface area contributed by atoms with Gasteiger partial charge in [-0.15, -0.1) is 22.9 Å². The third-order valence-corrected chi connectivity index (χ3v) is 4.74. The van der Waals surface area contributed by atoms with E-state index in [9.17, 15) is 0 Å². The van der Waals surface area contributed by atoms with Crippen LogP contribution in [0.2, 0.25) is 0 Å². The third kappa shape index (κ3) is 3.94. The lowest BCUT2D eigenvalue weighted by Gasteiger charge is -2.19. The van der Waals surface area contributed by atoms with Crippen LogP contribution in [0.15, 0.2) is 27.4 Å². The summed E-state index contributed by atoms with van der Waals surface area (Å²) in [6.45, 7) is 2.96. The summed E-state index contributed by atoms with van der Waals surface area (Å²) < 4.78 is 1.16. The molecule has 0 aliphatic carbocycles. The molecule has 2 rings (SSSR count). The normalized spacial score (nSPS) is 10.7. The molecule has 0 bridgehead atoms. The maximum atomic E-state index is 5.95. The molecule has 0 fully saturated rings. The molecule has 0 aliphatic heterocycles. The lowest BCUT2D eigenvalue weighted by molar-refractivity contribution is 0.882. The average molecular weight is 360 g/mol. The van der Waals surface area contributed by atoms with Crippen LogP contribution in [-0.4, -0.2) is 12.0 Å². The number of thiophene rings is 1. The number of aryl methyl sites for hydroxylation is 1. The van der Waals surface area contributed by atoms with Gasteiger partial charge in [0.15, 0.2) is 0 Å².